The van der Waals surface area contributed by atoms with Crippen LogP contribution >= 0.6 is 24.8 Å². The molecule has 8 nitrogen and oxygen atoms in total. The van der Waals surface area contributed by atoms with Crippen molar-refractivity contribution >= 4 is 36.4 Å². The number of halogens is 2. The number of nitrogens with one attached hydrogen (secondary N) is 2. The summed E-state index contributed by atoms with van der Waals surface area (Å²) in [5.74, 6) is 0.477. The van der Waals surface area contributed by atoms with Gasteiger partial charge in [-0.2, -0.15) is 0 Å². The first-order chi connectivity index (χ1) is 13.1. The molecule has 2 aromatic rings. The summed E-state index contributed by atoms with van der Waals surface area (Å²) in [6, 6.07) is 7.72. The lowest BCUT2D eigenvalue weighted by Crippen LogP contribution is -2.29. The monoisotopic (exact) mass is 444 g/mol. The van der Waals surface area contributed by atoms with Crippen LogP contribution in [0, 0.1) is 0 Å². The molecular formula is C19H30Cl2N6O2. The largest absolute Gasteiger partial charge is 0.493 e. The van der Waals surface area contributed by atoms with Gasteiger partial charge >= 0.3 is 0 Å². The molecule has 0 unspecified atom stereocenters. The summed E-state index contributed by atoms with van der Waals surface area (Å²) in [4.78, 5) is 14.6. The SMILES string of the molecule is CN(C)CCCOc1cccc(NC(=O)c2cn(C3CCNCC3)nn2)c1.Cl.Cl. The van der Waals surface area contributed by atoms with Gasteiger partial charge in [0.1, 0.15) is 5.75 Å². The number of amides is 1. The molecule has 0 aliphatic carbocycles. The van der Waals surface area contributed by atoms with Crippen molar-refractivity contribution in [2.75, 3.05) is 45.7 Å². The molecule has 2 heterocycles. The van der Waals surface area contributed by atoms with Gasteiger partial charge in [-0.15, -0.1) is 29.9 Å². The van der Waals surface area contributed by atoms with E-state index in [0.717, 1.165) is 44.6 Å². The van der Waals surface area contributed by atoms with Gasteiger partial charge in [0.2, 0.25) is 0 Å². The summed E-state index contributed by atoms with van der Waals surface area (Å²) in [7, 11) is 4.08. The Balaban J connectivity index is 0.00000210. The minimum Gasteiger partial charge on any atom is -0.493 e. The topological polar surface area (TPSA) is 84.3 Å². The van der Waals surface area contributed by atoms with Crippen molar-refractivity contribution in [2.45, 2.75) is 25.3 Å². The van der Waals surface area contributed by atoms with E-state index in [4.69, 9.17) is 4.74 Å². The van der Waals surface area contributed by atoms with Crippen LogP contribution in [0.15, 0.2) is 30.5 Å². The van der Waals surface area contributed by atoms with Crippen LogP contribution in [0.25, 0.3) is 0 Å². The van der Waals surface area contributed by atoms with Crippen molar-refractivity contribution < 1.29 is 9.53 Å². The van der Waals surface area contributed by atoms with E-state index >= 15 is 0 Å². The zero-order valence-corrected chi connectivity index (χ0v) is 18.5. The fourth-order valence-electron chi connectivity index (χ4n) is 3.06. The van der Waals surface area contributed by atoms with Crippen molar-refractivity contribution in [3.8, 4) is 5.75 Å². The number of ether oxygens (including phenoxy) is 1. The molecule has 2 N–H and O–H groups in total. The lowest BCUT2D eigenvalue weighted by Gasteiger charge is -2.22. The Labute approximate surface area is 184 Å². The van der Waals surface area contributed by atoms with E-state index in [1.54, 1.807) is 10.9 Å². The summed E-state index contributed by atoms with van der Waals surface area (Å²) < 4.78 is 7.56. The third-order valence-corrected chi connectivity index (χ3v) is 4.54. The Bertz CT molecular complexity index is 750. The molecule has 1 amide bonds. The van der Waals surface area contributed by atoms with Gasteiger partial charge in [-0.05, 0) is 58.6 Å². The Morgan fingerprint density at radius 3 is 2.79 bits per heavy atom. The highest BCUT2D eigenvalue weighted by Crippen LogP contribution is 2.19. The lowest BCUT2D eigenvalue weighted by atomic mass is 10.1. The second kappa shape index (κ2) is 12.6. The van der Waals surface area contributed by atoms with E-state index < -0.39 is 0 Å². The molecule has 1 fully saturated rings. The highest BCUT2D eigenvalue weighted by molar-refractivity contribution is 6.02. The van der Waals surface area contributed by atoms with Crippen LogP contribution in [-0.4, -0.2) is 66.1 Å². The van der Waals surface area contributed by atoms with E-state index in [9.17, 15) is 4.79 Å². The van der Waals surface area contributed by atoms with Gasteiger partial charge in [-0.25, -0.2) is 4.68 Å². The Kier molecular flexibility index (Phi) is 11.0. The number of nitrogens with zero attached hydrogens (tertiary/aromatic N) is 4. The minimum absolute atomic E-state index is 0. The van der Waals surface area contributed by atoms with Crippen LogP contribution in [0.1, 0.15) is 35.8 Å². The summed E-state index contributed by atoms with van der Waals surface area (Å²) in [5.41, 5.74) is 1.01. The van der Waals surface area contributed by atoms with Gasteiger partial charge in [0.25, 0.3) is 5.91 Å². The van der Waals surface area contributed by atoms with Gasteiger partial charge < -0.3 is 20.3 Å². The second-order valence-corrected chi connectivity index (χ2v) is 7.05. The van der Waals surface area contributed by atoms with Crippen LogP contribution in [0.4, 0.5) is 5.69 Å². The molecule has 3 rings (SSSR count). The fraction of sp³-hybridized carbons (Fsp3) is 0.526. The minimum atomic E-state index is -0.264. The molecule has 162 valence electrons. The standard InChI is InChI=1S/C19H28N6O2.2ClH/c1-24(2)11-4-12-27-17-6-3-5-15(13-17)21-19(26)18-14-25(23-22-18)16-7-9-20-10-8-16;;/h3,5-6,13-14,16,20H,4,7-12H2,1-2H3,(H,21,26);2*1H. The normalized spacial score (nSPS) is 14.0. The number of rotatable bonds is 8. The smallest absolute Gasteiger partial charge is 0.277 e. The average molecular weight is 445 g/mol. The van der Waals surface area contributed by atoms with E-state index in [1.807, 2.05) is 38.4 Å². The predicted octanol–water partition coefficient (Wildman–Crippen LogP) is 2.63. The Morgan fingerprint density at radius 2 is 2.07 bits per heavy atom. The quantitative estimate of drug-likeness (QED) is 0.608. The third-order valence-electron chi connectivity index (χ3n) is 4.54. The number of carbonyl (C=O) groups excluding carboxylic acids is 1. The molecule has 1 aromatic heterocycles. The van der Waals surface area contributed by atoms with Gasteiger partial charge in [-0.1, -0.05) is 11.3 Å². The van der Waals surface area contributed by atoms with E-state index in [-0.39, 0.29) is 30.7 Å². The molecule has 1 aromatic carbocycles. The maximum absolute atomic E-state index is 12.5. The Morgan fingerprint density at radius 1 is 1.31 bits per heavy atom. The van der Waals surface area contributed by atoms with Crippen molar-refractivity contribution in [2.24, 2.45) is 0 Å². The van der Waals surface area contributed by atoms with Gasteiger partial charge in [-0.3, -0.25) is 4.79 Å². The number of aromatic nitrogens is 3. The predicted molar refractivity (Wildman–Crippen MR) is 119 cm³/mol. The summed E-state index contributed by atoms with van der Waals surface area (Å²) in [5, 5.41) is 14.4. The molecule has 0 atom stereocenters. The van der Waals surface area contributed by atoms with Crippen LogP contribution in [-0.2, 0) is 0 Å². The fourth-order valence-corrected chi connectivity index (χ4v) is 3.06. The number of piperidine rings is 1. The molecule has 0 spiro atoms. The zero-order chi connectivity index (χ0) is 19.1. The zero-order valence-electron chi connectivity index (χ0n) is 16.8. The highest BCUT2D eigenvalue weighted by Gasteiger charge is 2.18. The summed E-state index contributed by atoms with van der Waals surface area (Å²) in [6.45, 7) is 3.55. The first-order valence-corrected chi connectivity index (χ1v) is 9.43. The third kappa shape index (κ3) is 7.81. The number of benzene rings is 1. The Hall–Kier alpha value is -1.87. The van der Waals surface area contributed by atoms with Crippen molar-refractivity contribution in [1.29, 1.82) is 0 Å². The van der Waals surface area contributed by atoms with Crippen molar-refractivity contribution in [3.05, 3.63) is 36.2 Å². The molecule has 0 saturated carbocycles. The van der Waals surface area contributed by atoms with Crippen molar-refractivity contribution in [3.63, 3.8) is 0 Å². The number of carbonyl (C=O) groups is 1. The van der Waals surface area contributed by atoms with Crippen LogP contribution in [0.2, 0.25) is 0 Å². The molecule has 0 radical (unpaired) electrons. The molecule has 1 saturated heterocycles. The van der Waals surface area contributed by atoms with Gasteiger partial charge in [0.15, 0.2) is 5.69 Å². The number of hydrogen-bond donors (Lipinski definition) is 2. The first-order valence-electron chi connectivity index (χ1n) is 9.43. The maximum Gasteiger partial charge on any atom is 0.277 e. The van der Waals surface area contributed by atoms with Gasteiger partial charge in [0.05, 0.1) is 18.8 Å². The highest BCUT2D eigenvalue weighted by atomic mass is 35.5. The molecular weight excluding hydrogens is 415 g/mol. The van der Waals surface area contributed by atoms with E-state index in [2.05, 4.69) is 25.8 Å². The molecule has 0 bridgehead atoms. The van der Waals surface area contributed by atoms with E-state index in [0.29, 0.717) is 24.0 Å². The molecule has 29 heavy (non-hydrogen) atoms. The summed E-state index contributed by atoms with van der Waals surface area (Å²) >= 11 is 0. The number of hydrogen-bond acceptors (Lipinski definition) is 6. The second-order valence-electron chi connectivity index (χ2n) is 7.05. The number of anilines is 1. The van der Waals surface area contributed by atoms with Gasteiger partial charge in [0, 0.05) is 18.3 Å². The molecule has 1 aliphatic heterocycles. The van der Waals surface area contributed by atoms with E-state index in [1.165, 1.54) is 0 Å². The van der Waals surface area contributed by atoms with Crippen LogP contribution in [0.3, 0.4) is 0 Å². The summed E-state index contributed by atoms with van der Waals surface area (Å²) in [6.07, 6.45) is 4.67. The van der Waals surface area contributed by atoms with Crippen molar-refractivity contribution in [1.82, 2.24) is 25.2 Å². The van der Waals surface area contributed by atoms with Crippen LogP contribution < -0.4 is 15.4 Å². The molecule has 1 aliphatic rings. The first kappa shape index (κ1) is 25.2. The molecule has 10 heteroatoms. The van der Waals surface area contributed by atoms with Crippen LogP contribution in [0.5, 0.6) is 5.75 Å². The lowest BCUT2D eigenvalue weighted by molar-refractivity contribution is 0.102. The average Bonchev–Trinajstić information content (AvgIpc) is 3.17. The maximum atomic E-state index is 12.5.